The molecule has 1 aliphatic heterocycles. The lowest BCUT2D eigenvalue weighted by atomic mass is 10.1. The largest absolute Gasteiger partial charge is 0.495 e. The van der Waals surface area contributed by atoms with Crippen LogP contribution in [-0.4, -0.2) is 37.4 Å². The van der Waals surface area contributed by atoms with E-state index in [0.29, 0.717) is 46.3 Å². The fourth-order valence-corrected chi connectivity index (χ4v) is 4.08. The van der Waals surface area contributed by atoms with Crippen LogP contribution in [0.2, 0.25) is 5.02 Å². The Morgan fingerprint density at radius 1 is 0.897 bits per heavy atom. The molecule has 0 aromatic heterocycles. The first-order valence-corrected chi connectivity index (χ1v) is 12.6. The minimum atomic E-state index is -0.711. The molecule has 2 N–H and O–H groups in total. The Balaban J connectivity index is 1.45. The minimum Gasteiger partial charge on any atom is -0.495 e. The summed E-state index contributed by atoms with van der Waals surface area (Å²) in [5, 5.41) is 5.75. The van der Waals surface area contributed by atoms with Crippen LogP contribution in [0.5, 0.6) is 5.75 Å². The van der Waals surface area contributed by atoms with Crippen molar-refractivity contribution in [3.8, 4) is 5.75 Å². The number of anilines is 3. The SMILES string of the molecule is CCCOC(=O)c1ccc(N2C(=O)C(Cl)=C(Nc3ccc(C(=O)Nc4cc(Cl)ccc4OC)cc3)C2=O)cc1. The van der Waals surface area contributed by atoms with Crippen molar-refractivity contribution in [3.63, 3.8) is 0 Å². The van der Waals surface area contributed by atoms with E-state index in [1.807, 2.05) is 6.92 Å². The zero-order valence-corrected chi connectivity index (χ0v) is 22.4. The van der Waals surface area contributed by atoms with Crippen molar-refractivity contribution in [2.45, 2.75) is 13.3 Å². The molecule has 0 spiro atoms. The number of nitrogens with zero attached hydrogens (tertiary/aromatic N) is 1. The van der Waals surface area contributed by atoms with Gasteiger partial charge in [0.15, 0.2) is 0 Å². The number of benzene rings is 3. The molecule has 0 fully saturated rings. The molecule has 3 aromatic carbocycles. The molecular formula is C28H23Cl2N3O6. The monoisotopic (exact) mass is 567 g/mol. The highest BCUT2D eigenvalue weighted by molar-refractivity contribution is 6.53. The van der Waals surface area contributed by atoms with E-state index in [9.17, 15) is 19.2 Å². The second kappa shape index (κ2) is 12.0. The predicted molar refractivity (Wildman–Crippen MR) is 148 cm³/mol. The smallest absolute Gasteiger partial charge is 0.338 e. The van der Waals surface area contributed by atoms with Crippen molar-refractivity contribution in [1.29, 1.82) is 0 Å². The fourth-order valence-electron chi connectivity index (χ4n) is 3.69. The molecule has 9 nitrogen and oxygen atoms in total. The van der Waals surface area contributed by atoms with E-state index in [-0.39, 0.29) is 16.4 Å². The van der Waals surface area contributed by atoms with Crippen LogP contribution in [0.3, 0.4) is 0 Å². The number of amides is 3. The normalized spacial score (nSPS) is 13.0. The summed E-state index contributed by atoms with van der Waals surface area (Å²) in [6, 6.07) is 16.9. The molecule has 0 radical (unpaired) electrons. The van der Waals surface area contributed by atoms with Crippen molar-refractivity contribution in [2.75, 3.05) is 29.3 Å². The summed E-state index contributed by atoms with van der Waals surface area (Å²) in [4.78, 5) is 51.5. The lowest BCUT2D eigenvalue weighted by Crippen LogP contribution is -2.32. The summed E-state index contributed by atoms with van der Waals surface area (Å²) >= 11 is 12.2. The van der Waals surface area contributed by atoms with Gasteiger partial charge in [0.05, 0.1) is 30.7 Å². The topological polar surface area (TPSA) is 114 Å². The van der Waals surface area contributed by atoms with Crippen LogP contribution < -0.4 is 20.3 Å². The molecule has 39 heavy (non-hydrogen) atoms. The number of nitrogens with one attached hydrogen (secondary N) is 2. The van der Waals surface area contributed by atoms with Crippen LogP contribution in [0.4, 0.5) is 17.1 Å². The molecule has 0 bridgehead atoms. The van der Waals surface area contributed by atoms with Gasteiger partial charge in [-0.25, -0.2) is 9.69 Å². The van der Waals surface area contributed by atoms with Crippen LogP contribution in [0.25, 0.3) is 0 Å². The van der Waals surface area contributed by atoms with Gasteiger partial charge in [-0.2, -0.15) is 0 Å². The van der Waals surface area contributed by atoms with Crippen molar-refractivity contribution in [2.24, 2.45) is 0 Å². The highest BCUT2D eigenvalue weighted by Gasteiger charge is 2.39. The van der Waals surface area contributed by atoms with Gasteiger partial charge in [-0.3, -0.25) is 14.4 Å². The molecule has 1 heterocycles. The molecule has 1 aliphatic rings. The van der Waals surface area contributed by atoms with E-state index in [0.717, 1.165) is 4.90 Å². The first kappa shape index (κ1) is 27.7. The molecule has 0 atom stereocenters. The van der Waals surface area contributed by atoms with Gasteiger partial charge in [-0.1, -0.05) is 30.1 Å². The minimum absolute atomic E-state index is 0.117. The maximum Gasteiger partial charge on any atom is 0.338 e. The summed E-state index contributed by atoms with van der Waals surface area (Å²) in [7, 11) is 1.48. The Hall–Kier alpha value is -4.34. The zero-order valence-electron chi connectivity index (χ0n) is 20.9. The van der Waals surface area contributed by atoms with Crippen LogP contribution in [0.1, 0.15) is 34.1 Å². The number of esters is 1. The summed E-state index contributed by atoms with van der Waals surface area (Å²) in [6.07, 6.45) is 0.689. The van der Waals surface area contributed by atoms with Crippen molar-refractivity contribution in [1.82, 2.24) is 0 Å². The zero-order chi connectivity index (χ0) is 28.1. The summed E-state index contributed by atoms with van der Waals surface area (Å²) < 4.78 is 10.3. The van der Waals surface area contributed by atoms with Gasteiger partial charge >= 0.3 is 5.97 Å². The van der Waals surface area contributed by atoms with Crippen molar-refractivity contribution >= 4 is 64.0 Å². The number of ether oxygens (including phenoxy) is 2. The van der Waals surface area contributed by atoms with Crippen LogP contribution >= 0.6 is 23.2 Å². The van der Waals surface area contributed by atoms with Crippen molar-refractivity contribution in [3.05, 3.63) is 93.6 Å². The van der Waals surface area contributed by atoms with Gasteiger partial charge in [0.25, 0.3) is 17.7 Å². The van der Waals surface area contributed by atoms with Gasteiger partial charge in [-0.15, -0.1) is 0 Å². The summed E-state index contributed by atoms with van der Waals surface area (Å²) in [5.41, 5.74) is 1.59. The second-order valence-corrected chi connectivity index (χ2v) is 9.13. The second-order valence-electron chi connectivity index (χ2n) is 8.32. The third-order valence-electron chi connectivity index (χ3n) is 5.65. The van der Waals surface area contributed by atoms with Crippen LogP contribution in [0.15, 0.2) is 77.5 Å². The van der Waals surface area contributed by atoms with Gasteiger partial charge in [-0.05, 0) is 73.2 Å². The highest BCUT2D eigenvalue weighted by atomic mass is 35.5. The Bertz CT molecular complexity index is 1470. The lowest BCUT2D eigenvalue weighted by molar-refractivity contribution is -0.120. The van der Waals surface area contributed by atoms with Crippen LogP contribution in [-0.2, 0) is 14.3 Å². The molecule has 0 saturated heterocycles. The summed E-state index contributed by atoms with van der Waals surface area (Å²) in [6.45, 7) is 2.18. The number of methoxy groups -OCH3 is 1. The average Bonchev–Trinajstić information content (AvgIpc) is 3.15. The molecule has 4 rings (SSSR count). The quantitative estimate of drug-likeness (QED) is 0.255. The number of hydrogen-bond donors (Lipinski definition) is 2. The number of halogens is 2. The average molecular weight is 568 g/mol. The van der Waals surface area contributed by atoms with Gasteiger partial charge in [0.1, 0.15) is 16.5 Å². The molecule has 11 heteroatoms. The number of imide groups is 1. The van der Waals surface area contributed by atoms with E-state index in [1.54, 1.807) is 42.5 Å². The standard InChI is InChI=1S/C28H23Cl2N3O6/c1-3-14-39-28(37)17-6-11-20(12-7-17)33-26(35)23(30)24(27(33)36)31-19-9-4-16(5-10-19)25(34)32-21-15-18(29)8-13-22(21)38-2/h4-13,15,31H,3,14H2,1-2H3,(H,32,34). The molecule has 200 valence electrons. The van der Waals surface area contributed by atoms with E-state index in [2.05, 4.69) is 10.6 Å². The Kier molecular flexibility index (Phi) is 8.53. The molecule has 3 amide bonds. The molecule has 0 unspecified atom stereocenters. The molecule has 0 aliphatic carbocycles. The maximum absolute atomic E-state index is 13.1. The van der Waals surface area contributed by atoms with E-state index < -0.39 is 23.7 Å². The van der Waals surface area contributed by atoms with Crippen molar-refractivity contribution < 1.29 is 28.7 Å². The Labute approximate surface area is 234 Å². The maximum atomic E-state index is 13.1. The Morgan fingerprint density at radius 2 is 1.56 bits per heavy atom. The van der Waals surface area contributed by atoms with E-state index in [1.165, 1.54) is 31.4 Å². The highest BCUT2D eigenvalue weighted by Crippen LogP contribution is 2.31. The van der Waals surface area contributed by atoms with E-state index in [4.69, 9.17) is 32.7 Å². The number of rotatable bonds is 9. The Morgan fingerprint density at radius 3 is 2.21 bits per heavy atom. The first-order valence-electron chi connectivity index (χ1n) is 11.8. The fraction of sp³-hybridized carbons (Fsp3) is 0.143. The van der Waals surface area contributed by atoms with Gasteiger partial charge < -0.3 is 20.1 Å². The lowest BCUT2D eigenvalue weighted by Gasteiger charge is -2.15. The molecular weight excluding hydrogens is 545 g/mol. The third kappa shape index (κ3) is 6.05. The number of hydrogen-bond acceptors (Lipinski definition) is 7. The first-order chi connectivity index (χ1) is 18.7. The molecule has 3 aromatic rings. The van der Waals surface area contributed by atoms with Crippen LogP contribution in [0, 0.1) is 0 Å². The van der Waals surface area contributed by atoms with Gasteiger partial charge in [0.2, 0.25) is 0 Å². The third-order valence-corrected chi connectivity index (χ3v) is 6.24. The predicted octanol–water partition coefficient (Wildman–Crippen LogP) is 5.60. The molecule has 0 saturated carbocycles. The summed E-state index contributed by atoms with van der Waals surface area (Å²) in [5.74, 6) is -1.82. The van der Waals surface area contributed by atoms with E-state index >= 15 is 0 Å². The number of carbonyl (C=O) groups excluding carboxylic acids is 4. The number of carbonyl (C=O) groups is 4. The van der Waals surface area contributed by atoms with Gasteiger partial charge in [0, 0.05) is 16.3 Å².